The molecular formula is C57H43N3. The van der Waals surface area contributed by atoms with Gasteiger partial charge in [0.05, 0.1) is 34.0 Å². The molecule has 0 bridgehead atoms. The Kier molecular flexibility index (Phi) is 7.71. The molecule has 0 amide bonds. The van der Waals surface area contributed by atoms with E-state index in [0.29, 0.717) is 0 Å². The normalized spacial score (nSPS) is 16.5. The van der Waals surface area contributed by atoms with Crippen LogP contribution in [0.4, 0.5) is 11.4 Å². The van der Waals surface area contributed by atoms with Crippen molar-refractivity contribution in [3.63, 3.8) is 0 Å². The third-order valence-electron chi connectivity index (χ3n) is 13.4. The van der Waals surface area contributed by atoms with Gasteiger partial charge in [0.1, 0.15) is 0 Å². The number of rotatable bonds is 5. The fraction of sp³-hybridized carbons (Fsp3) is 0.0877. The Balaban J connectivity index is 1.10. The maximum atomic E-state index is 2.67. The lowest BCUT2D eigenvalue weighted by Crippen LogP contribution is -2.49. The largest absolute Gasteiger partial charge is 0.333 e. The first-order valence-electron chi connectivity index (χ1n) is 21.1. The minimum atomic E-state index is -0.236. The first-order chi connectivity index (χ1) is 29.6. The van der Waals surface area contributed by atoms with Crippen LogP contribution in [0, 0.1) is 0 Å². The molecule has 2 aliphatic rings. The van der Waals surface area contributed by atoms with Crippen molar-refractivity contribution in [2.24, 2.45) is 0 Å². The predicted molar refractivity (Wildman–Crippen MR) is 252 cm³/mol. The van der Waals surface area contributed by atoms with Crippen LogP contribution in [-0.2, 0) is 5.41 Å². The molecule has 60 heavy (non-hydrogen) atoms. The summed E-state index contributed by atoms with van der Waals surface area (Å²) in [5.74, 6) is 0.157. The van der Waals surface area contributed by atoms with E-state index in [-0.39, 0.29) is 17.4 Å². The number of hydrogen-bond donors (Lipinski definition) is 0. The summed E-state index contributed by atoms with van der Waals surface area (Å²) >= 11 is 0. The smallest absolute Gasteiger partial charge is 0.0604 e. The van der Waals surface area contributed by atoms with E-state index in [2.05, 4.69) is 240 Å². The second-order valence-corrected chi connectivity index (χ2v) is 16.9. The Hall–Kier alpha value is -7.36. The van der Waals surface area contributed by atoms with Crippen molar-refractivity contribution in [3.8, 4) is 33.6 Å². The van der Waals surface area contributed by atoms with Crippen LogP contribution in [0.1, 0.15) is 36.6 Å². The second kappa shape index (κ2) is 13.3. The topological polar surface area (TPSA) is 13.1 Å². The molecule has 2 aromatic heterocycles. The summed E-state index contributed by atoms with van der Waals surface area (Å²) in [6.07, 6.45) is 4.92. The van der Waals surface area contributed by atoms with Gasteiger partial charge in [0, 0.05) is 44.6 Å². The van der Waals surface area contributed by atoms with E-state index < -0.39 is 0 Å². The van der Waals surface area contributed by atoms with E-state index in [9.17, 15) is 0 Å². The van der Waals surface area contributed by atoms with E-state index in [1.807, 2.05) is 0 Å². The van der Waals surface area contributed by atoms with E-state index in [4.69, 9.17) is 0 Å². The molecule has 286 valence electrons. The van der Waals surface area contributed by atoms with Crippen LogP contribution < -0.4 is 4.90 Å². The minimum Gasteiger partial charge on any atom is -0.333 e. The highest BCUT2D eigenvalue weighted by Crippen LogP contribution is 2.59. The van der Waals surface area contributed by atoms with E-state index in [1.165, 1.54) is 88.8 Å². The first kappa shape index (κ1) is 34.7. The summed E-state index contributed by atoms with van der Waals surface area (Å²) < 4.78 is 4.97. The van der Waals surface area contributed by atoms with Gasteiger partial charge in [-0.05, 0) is 94.1 Å². The Bertz CT molecular complexity index is 3280. The average Bonchev–Trinajstić information content (AvgIpc) is 3.83. The van der Waals surface area contributed by atoms with Gasteiger partial charge in [0.2, 0.25) is 0 Å². The van der Waals surface area contributed by atoms with E-state index >= 15 is 0 Å². The number of anilines is 2. The van der Waals surface area contributed by atoms with Crippen molar-refractivity contribution in [1.82, 2.24) is 9.13 Å². The van der Waals surface area contributed by atoms with Crippen molar-refractivity contribution in [2.75, 3.05) is 4.90 Å². The summed E-state index contributed by atoms with van der Waals surface area (Å²) in [4.78, 5) is 2.67. The highest BCUT2D eigenvalue weighted by molar-refractivity contribution is 6.17. The molecule has 2 unspecified atom stereocenters. The number of hydrogen-bond acceptors (Lipinski definition) is 1. The zero-order valence-electron chi connectivity index (χ0n) is 33.7. The molecule has 3 heteroatoms. The maximum absolute atomic E-state index is 2.67. The van der Waals surface area contributed by atoms with Crippen LogP contribution in [0.25, 0.3) is 72.4 Å². The van der Waals surface area contributed by atoms with E-state index in [0.717, 1.165) is 5.69 Å². The Morgan fingerprint density at radius 1 is 0.433 bits per heavy atom. The Labute approximate surface area is 350 Å². The molecule has 10 aromatic rings. The monoisotopic (exact) mass is 769 g/mol. The van der Waals surface area contributed by atoms with Gasteiger partial charge >= 0.3 is 0 Å². The van der Waals surface area contributed by atoms with Crippen LogP contribution in [-0.4, -0.2) is 15.2 Å². The fourth-order valence-corrected chi connectivity index (χ4v) is 10.7. The summed E-state index contributed by atoms with van der Waals surface area (Å²) in [7, 11) is 0. The number of aromatic nitrogens is 2. The Morgan fingerprint density at radius 2 is 1.00 bits per heavy atom. The maximum Gasteiger partial charge on any atom is 0.0604 e. The number of nitrogens with zero attached hydrogens (tertiary/aromatic N) is 3. The first-order valence-corrected chi connectivity index (χ1v) is 21.1. The van der Waals surface area contributed by atoms with Gasteiger partial charge < -0.3 is 14.0 Å². The summed E-state index contributed by atoms with van der Waals surface area (Å²) in [5, 5.41) is 3.88. The highest BCUT2D eigenvalue weighted by atomic mass is 15.2. The molecule has 2 atom stereocenters. The van der Waals surface area contributed by atoms with E-state index in [1.54, 1.807) is 0 Å². The molecule has 3 nitrogen and oxygen atoms in total. The molecule has 0 saturated carbocycles. The average molecular weight is 770 g/mol. The minimum absolute atomic E-state index is 0.0650. The second-order valence-electron chi connectivity index (χ2n) is 16.9. The van der Waals surface area contributed by atoms with Crippen LogP contribution in [0.5, 0.6) is 0 Å². The molecule has 3 heterocycles. The molecule has 12 rings (SSSR count). The van der Waals surface area contributed by atoms with Crippen molar-refractivity contribution in [2.45, 2.75) is 31.2 Å². The lowest BCUT2D eigenvalue weighted by molar-refractivity contribution is 0.362. The van der Waals surface area contributed by atoms with Gasteiger partial charge in [-0.1, -0.05) is 166 Å². The number of fused-ring (bicyclic) bond motifs is 10. The standard InChI is InChI=1S/C57H43N3/c1-57(2)47-33-34-51-54(46-26-13-15-28-49(46)58(51)43-31-29-40(30-32-43)38-17-6-3-7-18-38)56(47)60(42-22-10-5-11-23-42)52-36-35-50-53(55(52)57)45-25-12-14-27-48(45)59(50)44-24-16-21-41(37-44)39-19-8-4-9-20-39/h3-37,52,55H,1-2H3. The molecule has 1 aliphatic heterocycles. The van der Waals surface area contributed by atoms with Gasteiger partial charge in [-0.2, -0.15) is 0 Å². The fourth-order valence-electron chi connectivity index (χ4n) is 10.7. The zero-order valence-corrected chi connectivity index (χ0v) is 33.7. The van der Waals surface area contributed by atoms with Gasteiger partial charge in [0.15, 0.2) is 0 Å². The van der Waals surface area contributed by atoms with Crippen LogP contribution >= 0.6 is 0 Å². The predicted octanol–water partition coefficient (Wildman–Crippen LogP) is 14.7. The van der Waals surface area contributed by atoms with Gasteiger partial charge in [-0.15, -0.1) is 0 Å². The third kappa shape index (κ3) is 5.09. The molecule has 0 saturated heterocycles. The summed E-state index contributed by atoms with van der Waals surface area (Å²) in [6.45, 7) is 4.98. The van der Waals surface area contributed by atoms with Gasteiger partial charge in [0.25, 0.3) is 0 Å². The molecule has 0 radical (unpaired) electrons. The van der Waals surface area contributed by atoms with Crippen molar-refractivity contribution in [1.29, 1.82) is 0 Å². The molecule has 0 N–H and O–H groups in total. The molecule has 8 aromatic carbocycles. The molecule has 0 fully saturated rings. The van der Waals surface area contributed by atoms with Gasteiger partial charge in [-0.25, -0.2) is 0 Å². The zero-order chi connectivity index (χ0) is 40.0. The molecule has 0 spiro atoms. The lowest BCUT2D eigenvalue weighted by Gasteiger charge is -2.52. The SMILES string of the molecule is CC1(C)c2ccc3c(c2N(c2ccccc2)C2C=Cc4c(c5ccccc5n4-c4cccc(-c5ccccc5)c4)C21)c1ccccc1n3-c1ccc(-c2ccccc2)cc1. The summed E-state index contributed by atoms with van der Waals surface area (Å²) in [6, 6.07) is 73.5. The van der Waals surface area contributed by atoms with Crippen molar-refractivity contribution < 1.29 is 0 Å². The third-order valence-corrected chi connectivity index (χ3v) is 13.4. The number of benzene rings is 8. The van der Waals surface area contributed by atoms with Crippen molar-refractivity contribution in [3.05, 3.63) is 223 Å². The summed E-state index contributed by atoms with van der Waals surface area (Å²) in [5.41, 5.74) is 17.2. The Morgan fingerprint density at radius 3 is 1.72 bits per heavy atom. The van der Waals surface area contributed by atoms with Crippen LogP contribution in [0.3, 0.4) is 0 Å². The molecular weight excluding hydrogens is 727 g/mol. The highest BCUT2D eigenvalue weighted by Gasteiger charge is 2.50. The van der Waals surface area contributed by atoms with Gasteiger partial charge in [-0.3, -0.25) is 0 Å². The quantitative estimate of drug-likeness (QED) is 0.170. The van der Waals surface area contributed by atoms with Crippen molar-refractivity contribution >= 4 is 50.2 Å². The van der Waals surface area contributed by atoms with Crippen LogP contribution in [0.2, 0.25) is 0 Å². The van der Waals surface area contributed by atoms with Crippen LogP contribution in [0.15, 0.2) is 206 Å². The number of para-hydroxylation sites is 3. The lowest BCUT2D eigenvalue weighted by atomic mass is 9.61. The molecule has 1 aliphatic carbocycles.